The average Bonchev–Trinajstić information content (AvgIpc) is 3.11. The molecule has 0 unspecified atom stereocenters. The molecular formula is C21H21FN4O2. The molecule has 1 aromatic heterocycles. The van der Waals surface area contributed by atoms with Gasteiger partial charge in [-0.15, -0.1) is 0 Å². The van der Waals surface area contributed by atoms with E-state index in [2.05, 4.69) is 5.10 Å². The number of carbonyl (C=O) groups is 1. The van der Waals surface area contributed by atoms with Gasteiger partial charge in [0.25, 0.3) is 5.91 Å². The van der Waals surface area contributed by atoms with Crippen molar-refractivity contribution < 1.29 is 14.3 Å². The number of hydrogen-bond acceptors (Lipinski definition) is 4. The molecule has 1 N–H and O–H groups in total. The number of phenolic OH excluding ortho intramolecular Hbond substituents is 1. The second-order valence-corrected chi connectivity index (χ2v) is 7.23. The van der Waals surface area contributed by atoms with Crippen LogP contribution >= 0.6 is 0 Å². The lowest BCUT2D eigenvalue weighted by Crippen LogP contribution is -2.44. The lowest BCUT2D eigenvalue weighted by atomic mass is 9.98. The smallest absolute Gasteiger partial charge is 0.258 e. The Morgan fingerprint density at radius 1 is 1.18 bits per heavy atom. The fraction of sp³-hybridized carbons (Fsp3) is 0.286. The maximum Gasteiger partial charge on any atom is 0.258 e. The summed E-state index contributed by atoms with van der Waals surface area (Å²) in [5, 5.41) is 14.7. The van der Waals surface area contributed by atoms with E-state index < -0.39 is 5.82 Å². The molecule has 0 saturated carbocycles. The minimum atomic E-state index is -0.583. The zero-order valence-corrected chi connectivity index (χ0v) is 15.7. The summed E-state index contributed by atoms with van der Waals surface area (Å²) in [6.07, 6.45) is 0. The van der Waals surface area contributed by atoms with Crippen LogP contribution in [0, 0.1) is 11.7 Å². The van der Waals surface area contributed by atoms with Crippen LogP contribution in [0.2, 0.25) is 0 Å². The van der Waals surface area contributed by atoms with Crippen LogP contribution < -0.4 is 0 Å². The summed E-state index contributed by atoms with van der Waals surface area (Å²) < 4.78 is 15.2. The largest absolute Gasteiger partial charge is 0.507 e. The van der Waals surface area contributed by atoms with Crippen LogP contribution in [0.15, 0.2) is 48.5 Å². The average molecular weight is 380 g/mol. The molecule has 0 aliphatic carbocycles. The first-order valence-electron chi connectivity index (χ1n) is 9.25. The molecule has 2 heterocycles. The number of carbonyl (C=O) groups excluding carboxylic acids is 1. The van der Waals surface area contributed by atoms with Crippen molar-refractivity contribution in [1.82, 2.24) is 19.7 Å². The first kappa shape index (κ1) is 18.2. The molecule has 6 nitrogen and oxygen atoms in total. The first-order chi connectivity index (χ1) is 13.5. The van der Waals surface area contributed by atoms with Gasteiger partial charge in [-0.05, 0) is 18.1 Å². The van der Waals surface area contributed by atoms with Gasteiger partial charge in [0, 0.05) is 18.2 Å². The summed E-state index contributed by atoms with van der Waals surface area (Å²) in [5.74, 6) is 0.144. The van der Waals surface area contributed by atoms with Crippen molar-refractivity contribution in [3.8, 4) is 17.1 Å². The Bertz CT molecular complexity index is 1020. The van der Waals surface area contributed by atoms with Crippen LogP contribution in [0.25, 0.3) is 11.4 Å². The van der Waals surface area contributed by atoms with Crippen molar-refractivity contribution in [3.05, 3.63) is 65.7 Å². The number of hydrogen-bond donors (Lipinski definition) is 1. The van der Waals surface area contributed by atoms with E-state index in [4.69, 9.17) is 4.98 Å². The molecule has 2 aromatic carbocycles. The number of fused-ring (bicyclic) bond motifs is 1. The summed E-state index contributed by atoms with van der Waals surface area (Å²) in [6.45, 7) is 4.97. The number of halogens is 1. The number of phenols is 1. The normalized spacial score (nSPS) is 16.3. The van der Waals surface area contributed by atoms with Crippen LogP contribution in [0.5, 0.6) is 5.75 Å². The van der Waals surface area contributed by atoms with E-state index in [1.54, 1.807) is 4.90 Å². The summed E-state index contributed by atoms with van der Waals surface area (Å²) in [5.41, 5.74) is 1.00. The van der Waals surface area contributed by atoms with Crippen LogP contribution in [0.4, 0.5) is 4.39 Å². The highest BCUT2D eigenvalue weighted by atomic mass is 19.1. The monoisotopic (exact) mass is 380 g/mol. The molecule has 0 bridgehead atoms. The molecular weight excluding hydrogens is 359 g/mol. The lowest BCUT2D eigenvalue weighted by Gasteiger charge is -2.37. The van der Waals surface area contributed by atoms with Crippen LogP contribution in [0.1, 0.15) is 36.1 Å². The van der Waals surface area contributed by atoms with Gasteiger partial charge in [0.1, 0.15) is 11.6 Å². The Hall–Kier alpha value is -3.22. The summed E-state index contributed by atoms with van der Waals surface area (Å²) >= 11 is 0. The van der Waals surface area contributed by atoms with Gasteiger partial charge in [0.05, 0.1) is 18.2 Å². The van der Waals surface area contributed by atoms with Gasteiger partial charge in [0.2, 0.25) is 0 Å². The maximum absolute atomic E-state index is 13.3. The predicted octanol–water partition coefficient (Wildman–Crippen LogP) is 3.64. The van der Waals surface area contributed by atoms with Crippen molar-refractivity contribution >= 4 is 5.91 Å². The maximum atomic E-state index is 13.3. The van der Waals surface area contributed by atoms with Crippen LogP contribution in [-0.2, 0) is 6.54 Å². The number of rotatable bonds is 3. The van der Waals surface area contributed by atoms with E-state index in [0.29, 0.717) is 18.9 Å². The Morgan fingerprint density at radius 3 is 2.61 bits per heavy atom. The fourth-order valence-corrected chi connectivity index (χ4v) is 3.65. The molecule has 144 valence electrons. The number of aromatic nitrogens is 3. The van der Waals surface area contributed by atoms with Crippen molar-refractivity contribution in [1.29, 1.82) is 0 Å². The highest BCUT2D eigenvalue weighted by Gasteiger charge is 2.37. The van der Waals surface area contributed by atoms with E-state index >= 15 is 0 Å². The molecule has 28 heavy (non-hydrogen) atoms. The molecule has 0 fully saturated rings. The Kier molecular flexibility index (Phi) is 4.58. The Morgan fingerprint density at radius 2 is 1.93 bits per heavy atom. The summed E-state index contributed by atoms with van der Waals surface area (Å²) in [7, 11) is 0. The number of benzene rings is 2. The standard InChI is InChI=1S/C21H21FN4O2/c1-13(2)18-20-23-19(14-6-4-3-5-7-14)24-26(20)11-10-25(18)21(28)16-9-8-15(22)12-17(16)27/h3-9,12-13,18,27H,10-11H2,1-2H3/t18-/m0/s1. The molecule has 3 aromatic rings. The Labute approximate surface area is 162 Å². The van der Waals surface area contributed by atoms with Crippen molar-refractivity contribution in [2.45, 2.75) is 26.4 Å². The predicted molar refractivity (Wildman–Crippen MR) is 102 cm³/mol. The third-order valence-electron chi connectivity index (χ3n) is 4.97. The zero-order chi connectivity index (χ0) is 19.8. The SMILES string of the molecule is CC(C)[C@H]1c2nc(-c3ccccc3)nn2CCN1C(=O)c1ccc(F)cc1O. The zero-order valence-electron chi connectivity index (χ0n) is 15.7. The molecule has 1 atom stereocenters. The van der Waals surface area contributed by atoms with Gasteiger partial charge in [-0.25, -0.2) is 14.1 Å². The second kappa shape index (κ2) is 7.07. The minimum Gasteiger partial charge on any atom is -0.507 e. The molecule has 0 saturated heterocycles. The topological polar surface area (TPSA) is 71.2 Å². The molecule has 4 rings (SSSR count). The second-order valence-electron chi connectivity index (χ2n) is 7.23. The molecule has 1 aliphatic heterocycles. The van der Waals surface area contributed by atoms with Gasteiger partial charge in [-0.2, -0.15) is 5.10 Å². The first-order valence-corrected chi connectivity index (χ1v) is 9.25. The van der Waals surface area contributed by atoms with E-state index in [1.165, 1.54) is 12.1 Å². The van der Waals surface area contributed by atoms with Crippen molar-refractivity contribution in [2.24, 2.45) is 5.92 Å². The quantitative estimate of drug-likeness (QED) is 0.753. The molecule has 0 spiro atoms. The highest BCUT2D eigenvalue weighted by Crippen LogP contribution is 2.34. The van der Waals surface area contributed by atoms with Crippen LogP contribution in [0.3, 0.4) is 0 Å². The van der Waals surface area contributed by atoms with Gasteiger partial charge in [-0.1, -0.05) is 44.2 Å². The molecule has 7 heteroatoms. The van der Waals surface area contributed by atoms with E-state index in [0.717, 1.165) is 17.5 Å². The highest BCUT2D eigenvalue weighted by molar-refractivity contribution is 5.97. The molecule has 0 radical (unpaired) electrons. The number of aromatic hydroxyl groups is 1. The van der Waals surface area contributed by atoms with Gasteiger partial charge < -0.3 is 10.0 Å². The van der Waals surface area contributed by atoms with E-state index in [1.807, 2.05) is 48.9 Å². The van der Waals surface area contributed by atoms with Gasteiger partial charge >= 0.3 is 0 Å². The third-order valence-corrected chi connectivity index (χ3v) is 4.97. The van der Waals surface area contributed by atoms with Gasteiger partial charge in [-0.3, -0.25) is 4.79 Å². The van der Waals surface area contributed by atoms with Crippen LogP contribution in [-0.4, -0.2) is 37.2 Å². The van der Waals surface area contributed by atoms with Gasteiger partial charge in [0.15, 0.2) is 11.6 Å². The van der Waals surface area contributed by atoms with Crippen molar-refractivity contribution in [2.75, 3.05) is 6.54 Å². The molecule has 1 amide bonds. The third kappa shape index (κ3) is 3.13. The van der Waals surface area contributed by atoms with E-state index in [-0.39, 0.29) is 29.2 Å². The molecule has 1 aliphatic rings. The van der Waals surface area contributed by atoms with Crippen molar-refractivity contribution in [3.63, 3.8) is 0 Å². The van der Waals surface area contributed by atoms with E-state index in [9.17, 15) is 14.3 Å². The fourth-order valence-electron chi connectivity index (χ4n) is 3.65. The number of nitrogens with zero attached hydrogens (tertiary/aromatic N) is 4. The summed E-state index contributed by atoms with van der Waals surface area (Å²) in [4.78, 5) is 19.5. The number of amides is 1. The Balaban J connectivity index is 1.72. The lowest BCUT2D eigenvalue weighted by molar-refractivity contribution is 0.0534. The minimum absolute atomic E-state index is 0.0819. The summed E-state index contributed by atoms with van der Waals surface area (Å²) in [6, 6.07) is 12.9.